The lowest BCUT2D eigenvalue weighted by Gasteiger charge is -2.29. The molecule has 2 nitrogen and oxygen atoms in total. The molecule has 1 aliphatic rings. The summed E-state index contributed by atoms with van der Waals surface area (Å²) < 4.78 is 5.66. The van der Waals surface area contributed by atoms with Crippen molar-refractivity contribution >= 4 is 0 Å². The molecule has 0 aliphatic carbocycles. The maximum atomic E-state index is 6.06. The van der Waals surface area contributed by atoms with Gasteiger partial charge in [0, 0.05) is 19.1 Å². The maximum absolute atomic E-state index is 6.06. The lowest BCUT2D eigenvalue weighted by Crippen LogP contribution is -2.44. The summed E-state index contributed by atoms with van der Waals surface area (Å²) in [6, 6.07) is 0.135. The summed E-state index contributed by atoms with van der Waals surface area (Å²) in [7, 11) is 0. The van der Waals surface area contributed by atoms with E-state index in [1.54, 1.807) is 0 Å². The summed E-state index contributed by atoms with van der Waals surface area (Å²) in [6.45, 7) is 4.84. The molecule has 1 heterocycles. The predicted octanol–water partition coefficient (Wildman–Crippen LogP) is 1.69. The molecule has 2 heteroatoms. The molecule has 2 unspecified atom stereocenters. The second-order valence-corrected chi connectivity index (χ2v) is 3.84. The zero-order chi connectivity index (χ0) is 9.73. The first-order chi connectivity index (χ1) is 6.19. The van der Waals surface area contributed by atoms with Crippen LogP contribution in [0.15, 0.2) is 0 Å². The van der Waals surface area contributed by atoms with E-state index in [1.165, 1.54) is 0 Å². The average Bonchev–Trinajstić information content (AvgIpc) is 2.54. The van der Waals surface area contributed by atoms with E-state index in [2.05, 4.69) is 18.8 Å². The van der Waals surface area contributed by atoms with Crippen molar-refractivity contribution in [2.45, 2.75) is 51.2 Å². The van der Waals surface area contributed by atoms with Crippen LogP contribution in [0.3, 0.4) is 0 Å². The third-order valence-electron chi connectivity index (χ3n) is 2.79. The lowest BCUT2D eigenvalue weighted by atomic mass is 9.91. The van der Waals surface area contributed by atoms with Crippen molar-refractivity contribution < 1.29 is 4.74 Å². The van der Waals surface area contributed by atoms with Crippen LogP contribution in [0.5, 0.6) is 0 Å². The highest BCUT2D eigenvalue weighted by atomic mass is 16.5. The summed E-state index contributed by atoms with van der Waals surface area (Å²) in [5, 5.41) is 0. The van der Waals surface area contributed by atoms with E-state index in [9.17, 15) is 0 Å². The standard InChI is InChI=1S/C11H19NO/c1-3-4-5-7-10(12)11(2)8-6-9-13-11/h10H,5-9,12H2,1-2H3. The monoisotopic (exact) mass is 181 g/mol. The number of rotatable bonds is 3. The fourth-order valence-corrected chi connectivity index (χ4v) is 1.75. The van der Waals surface area contributed by atoms with Gasteiger partial charge < -0.3 is 10.5 Å². The summed E-state index contributed by atoms with van der Waals surface area (Å²) in [5.41, 5.74) is 5.97. The third kappa shape index (κ3) is 2.72. The quantitative estimate of drug-likeness (QED) is 0.672. The fourth-order valence-electron chi connectivity index (χ4n) is 1.75. The van der Waals surface area contributed by atoms with Crippen LogP contribution in [0.2, 0.25) is 0 Å². The van der Waals surface area contributed by atoms with Crippen LogP contribution in [-0.4, -0.2) is 18.2 Å². The van der Waals surface area contributed by atoms with Gasteiger partial charge in [-0.1, -0.05) is 0 Å². The zero-order valence-electron chi connectivity index (χ0n) is 8.60. The molecule has 13 heavy (non-hydrogen) atoms. The molecule has 2 atom stereocenters. The van der Waals surface area contributed by atoms with E-state index >= 15 is 0 Å². The van der Waals surface area contributed by atoms with Crippen molar-refractivity contribution in [1.82, 2.24) is 0 Å². The van der Waals surface area contributed by atoms with Crippen LogP contribution >= 0.6 is 0 Å². The van der Waals surface area contributed by atoms with Gasteiger partial charge in [-0.15, -0.1) is 11.8 Å². The van der Waals surface area contributed by atoms with Gasteiger partial charge in [-0.25, -0.2) is 0 Å². The van der Waals surface area contributed by atoms with Crippen molar-refractivity contribution in [3.63, 3.8) is 0 Å². The fraction of sp³-hybridized carbons (Fsp3) is 0.818. The SMILES string of the molecule is CC#CCCC(N)C1(C)CCCO1. The largest absolute Gasteiger partial charge is 0.374 e. The molecule has 0 amide bonds. The summed E-state index contributed by atoms with van der Waals surface area (Å²) >= 11 is 0. The Balaban J connectivity index is 2.35. The highest BCUT2D eigenvalue weighted by molar-refractivity contribution is 4.98. The van der Waals surface area contributed by atoms with Crippen molar-refractivity contribution in [1.29, 1.82) is 0 Å². The van der Waals surface area contributed by atoms with E-state index in [4.69, 9.17) is 10.5 Å². The molecule has 0 bridgehead atoms. The minimum atomic E-state index is -0.0879. The van der Waals surface area contributed by atoms with Crippen LogP contribution in [0, 0.1) is 11.8 Å². The van der Waals surface area contributed by atoms with Crippen LogP contribution in [0.4, 0.5) is 0 Å². The summed E-state index contributed by atoms with van der Waals surface area (Å²) in [6.07, 6.45) is 4.06. The Kier molecular flexibility index (Phi) is 3.77. The molecule has 1 aliphatic heterocycles. The molecule has 0 spiro atoms. The average molecular weight is 181 g/mol. The number of hydrogen-bond donors (Lipinski definition) is 1. The van der Waals surface area contributed by atoms with E-state index < -0.39 is 0 Å². The Bertz CT molecular complexity index is 208. The van der Waals surface area contributed by atoms with Gasteiger partial charge in [0.25, 0.3) is 0 Å². The molecular formula is C11H19NO. The number of ether oxygens (including phenoxy) is 1. The van der Waals surface area contributed by atoms with E-state index in [1.807, 2.05) is 6.92 Å². The predicted molar refractivity (Wildman–Crippen MR) is 54.3 cm³/mol. The second-order valence-electron chi connectivity index (χ2n) is 3.84. The molecule has 0 aromatic heterocycles. The van der Waals surface area contributed by atoms with Crippen molar-refractivity contribution in [2.24, 2.45) is 5.73 Å². The Morgan fingerprint density at radius 1 is 1.62 bits per heavy atom. The molecule has 2 N–H and O–H groups in total. The van der Waals surface area contributed by atoms with Gasteiger partial charge >= 0.3 is 0 Å². The highest BCUT2D eigenvalue weighted by Crippen LogP contribution is 2.29. The number of nitrogens with two attached hydrogens (primary N) is 1. The molecule has 0 radical (unpaired) electrons. The Morgan fingerprint density at radius 2 is 2.38 bits per heavy atom. The molecule has 0 aromatic carbocycles. The van der Waals surface area contributed by atoms with Crippen LogP contribution in [0.25, 0.3) is 0 Å². The van der Waals surface area contributed by atoms with Crippen LogP contribution in [0.1, 0.15) is 39.5 Å². The lowest BCUT2D eigenvalue weighted by molar-refractivity contribution is -0.00268. The highest BCUT2D eigenvalue weighted by Gasteiger charge is 2.35. The Labute approximate surface area is 80.8 Å². The molecular weight excluding hydrogens is 162 g/mol. The first-order valence-electron chi connectivity index (χ1n) is 4.98. The van der Waals surface area contributed by atoms with Gasteiger partial charge in [0.05, 0.1) is 5.60 Å². The van der Waals surface area contributed by atoms with Crippen molar-refractivity contribution in [3.05, 3.63) is 0 Å². The van der Waals surface area contributed by atoms with E-state index in [-0.39, 0.29) is 11.6 Å². The van der Waals surface area contributed by atoms with Gasteiger partial charge in [0.1, 0.15) is 0 Å². The molecule has 1 fully saturated rings. The van der Waals surface area contributed by atoms with Gasteiger partial charge in [0.2, 0.25) is 0 Å². The maximum Gasteiger partial charge on any atom is 0.0805 e. The normalized spacial score (nSPS) is 29.5. The van der Waals surface area contributed by atoms with Gasteiger partial charge in [-0.05, 0) is 33.1 Å². The van der Waals surface area contributed by atoms with E-state index in [0.29, 0.717) is 0 Å². The Hall–Kier alpha value is -0.520. The Morgan fingerprint density at radius 3 is 2.92 bits per heavy atom. The summed E-state index contributed by atoms with van der Waals surface area (Å²) in [5.74, 6) is 5.91. The van der Waals surface area contributed by atoms with Gasteiger partial charge in [-0.3, -0.25) is 0 Å². The number of hydrogen-bond acceptors (Lipinski definition) is 2. The molecule has 1 saturated heterocycles. The molecule has 0 saturated carbocycles. The minimum Gasteiger partial charge on any atom is -0.374 e. The first kappa shape index (κ1) is 10.6. The van der Waals surface area contributed by atoms with Crippen molar-refractivity contribution in [2.75, 3.05) is 6.61 Å². The van der Waals surface area contributed by atoms with Crippen molar-refractivity contribution in [3.8, 4) is 11.8 Å². The topological polar surface area (TPSA) is 35.2 Å². The zero-order valence-corrected chi connectivity index (χ0v) is 8.60. The van der Waals surface area contributed by atoms with Gasteiger partial charge in [0.15, 0.2) is 0 Å². The summed E-state index contributed by atoms with van der Waals surface area (Å²) in [4.78, 5) is 0. The minimum absolute atomic E-state index is 0.0879. The smallest absolute Gasteiger partial charge is 0.0805 e. The molecule has 1 rings (SSSR count). The first-order valence-corrected chi connectivity index (χ1v) is 4.98. The second kappa shape index (κ2) is 4.64. The van der Waals surface area contributed by atoms with Crippen LogP contribution < -0.4 is 5.73 Å². The molecule has 0 aromatic rings. The van der Waals surface area contributed by atoms with Gasteiger partial charge in [-0.2, -0.15) is 0 Å². The molecule has 74 valence electrons. The third-order valence-corrected chi connectivity index (χ3v) is 2.79. The van der Waals surface area contributed by atoms with Crippen LogP contribution in [-0.2, 0) is 4.74 Å². The van der Waals surface area contributed by atoms with E-state index in [0.717, 1.165) is 32.3 Å².